The Kier molecular flexibility index (Phi) is 7.11. The highest BCUT2D eigenvalue weighted by Crippen LogP contribution is 2.37. The van der Waals surface area contributed by atoms with E-state index in [1.165, 1.54) is 4.31 Å². The van der Waals surface area contributed by atoms with Gasteiger partial charge in [-0.3, -0.25) is 4.79 Å². The van der Waals surface area contributed by atoms with E-state index in [0.29, 0.717) is 19.4 Å². The number of ether oxygens (including phenoxy) is 1. The summed E-state index contributed by atoms with van der Waals surface area (Å²) in [5, 5.41) is 2.97. The molecule has 33 heavy (non-hydrogen) atoms. The first-order valence-electron chi connectivity index (χ1n) is 11.0. The number of amides is 1. The molecule has 0 radical (unpaired) electrons. The average molecular weight is 465 g/mol. The predicted octanol–water partition coefficient (Wildman–Crippen LogP) is 4.15. The molecule has 6 nitrogen and oxygen atoms in total. The highest BCUT2D eigenvalue weighted by Gasteiger charge is 2.39. The molecule has 2 atom stereocenters. The molecular formula is C26H28N2O4S. The van der Waals surface area contributed by atoms with Crippen LogP contribution in [-0.4, -0.2) is 32.3 Å². The quantitative estimate of drug-likeness (QED) is 0.570. The number of sulfonamides is 1. The normalized spacial score (nSPS) is 19.1. The van der Waals surface area contributed by atoms with E-state index in [1.807, 2.05) is 54.6 Å². The van der Waals surface area contributed by atoms with Crippen LogP contribution in [0.2, 0.25) is 0 Å². The number of carbonyl (C=O) groups is 1. The Labute approximate surface area is 195 Å². The molecule has 1 N–H and O–H groups in total. The summed E-state index contributed by atoms with van der Waals surface area (Å²) in [4.78, 5) is 13.3. The minimum absolute atomic E-state index is 0.140. The van der Waals surface area contributed by atoms with Gasteiger partial charge >= 0.3 is 0 Å². The van der Waals surface area contributed by atoms with E-state index in [1.54, 1.807) is 37.4 Å². The SMILES string of the molecule is COc1cccc(CNC(=O)C2CCC(c3ccccc3)N(S(=O)(=O)c3ccccc3)C2)c1. The van der Waals surface area contributed by atoms with E-state index in [4.69, 9.17) is 4.74 Å². The van der Waals surface area contributed by atoms with Crippen LogP contribution in [0.5, 0.6) is 5.75 Å². The largest absolute Gasteiger partial charge is 0.497 e. The Morgan fingerprint density at radius 1 is 0.970 bits per heavy atom. The molecule has 4 rings (SSSR count). The van der Waals surface area contributed by atoms with Crippen molar-refractivity contribution in [3.63, 3.8) is 0 Å². The lowest BCUT2D eigenvalue weighted by molar-refractivity contribution is -0.126. The van der Waals surface area contributed by atoms with Gasteiger partial charge in [-0.2, -0.15) is 4.31 Å². The summed E-state index contributed by atoms with van der Waals surface area (Å²) in [6.45, 7) is 0.501. The van der Waals surface area contributed by atoms with Crippen LogP contribution in [-0.2, 0) is 21.4 Å². The number of benzene rings is 3. The van der Waals surface area contributed by atoms with Gasteiger partial charge in [-0.1, -0.05) is 60.7 Å². The molecule has 0 bridgehead atoms. The van der Waals surface area contributed by atoms with Gasteiger partial charge in [-0.25, -0.2) is 8.42 Å². The van der Waals surface area contributed by atoms with Crippen molar-refractivity contribution >= 4 is 15.9 Å². The highest BCUT2D eigenvalue weighted by atomic mass is 32.2. The van der Waals surface area contributed by atoms with Crippen molar-refractivity contribution in [1.82, 2.24) is 9.62 Å². The Bertz CT molecular complexity index is 1180. The average Bonchev–Trinajstić information content (AvgIpc) is 2.88. The molecular weight excluding hydrogens is 436 g/mol. The molecule has 172 valence electrons. The maximum atomic E-state index is 13.6. The maximum Gasteiger partial charge on any atom is 0.243 e. The number of carbonyl (C=O) groups excluding carboxylic acids is 1. The van der Waals surface area contributed by atoms with E-state index in [2.05, 4.69) is 5.32 Å². The minimum Gasteiger partial charge on any atom is -0.497 e. The Morgan fingerprint density at radius 3 is 2.36 bits per heavy atom. The Morgan fingerprint density at radius 2 is 1.67 bits per heavy atom. The summed E-state index contributed by atoms with van der Waals surface area (Å²) in [5.74, 6) is 0.164. The van der Waals surface area contributed by atoms with E-state index >= 15 is 0 Å². The first-order valence-corrected chi connectivity index (χ1v) is 12.5. The van der Waals surface area contributed by atoms with Gasteiger partial charge < -0.3 is 10.1 Å². The van der Waals surface area contributed by atoms with Crippen LogP contribution in [0.1, 0.15) is 30.0 Å². The summed E-state index contributed by atoms with van der Waals surface area (Å²) >= 11 is 0. The fourth-order valence-electron chi connectivity index (χ4n) is 4.27. The summed E-state index contributed by atoms with van der Waals surface area (Å²) < 4.78 is 33.9. The second kappa shape index (κ2) is 10.2. The van der Waals surface area contributed by atoms with E-state index in [9.17, 15) is 13.2 Å². The highest BCUT2D eigenvalue weighted by molar-refractivity contribution is 7.89. The zero-order chi connectivity index (χ0) is 23.3. The molecule has 1 heterocycles. The third kappa shape index (κ3) is 5.26. The fourth-order valence-corrected chi connectivity index (χ4v) is 5.98. The number of hydrogen-bond donors (Lipinski definition) is 1. The molecule has 7 heteroatoms. The van der Waals surface area contributed by atoms with Crippen molar-refractivity contribution in [2.75, 3.05) is 13.7 Å². The smallest absolute Gasteiger partial charge is 0.243 e. The van der Waals surface area contributed by atoms with Crippen molar-refractivity contribution < 1.29 is 17.9 Å². The summed E-state index contributed by atoms with van der Waals surface area (Å²) in [6.07, 6.45) is 1.19. The molecule has 1 aliphatic heterocycles. The Balaban J connectivity index is 1.54. The number of rotatable bonds is 7. The van der Waals surface area contributed by atoms with E-state index in [0.717, 1.165) is 16.9 Å². The topological polar surface area (TPSA) is 75.7 Å². The zero-order valence-electron chi connectivity index (χ0n) is 18.6. The van der Waals surface area contributed by atoms with Gasteiger partial charge in [0.15, 0.2) is 0 Å². The molecule has 0 aromatic heterocycles. The summed E-state index contributed by atoms with van der Waals surface area (Å²) in [7, 11) is -2.16. The first-order chi connectivity index (χ1) is 16.0. The van der Waals surface area contributed by atoms with Gasteiger partial charge in [-0.15, -0.1) is 0 Å². The van der Waals surface area contributed by atoms with Gasteiger partial charge in [0.05, 0.1) is 24.0 Å². The van der Waals surface area contributed by atoms with Crippen LogP contribution in [0.4, 0.5) is 0 Å². The second-order valence-corrected chi connectivity index (χ2v) is 10.0. The van der Waals surface area contributed by atoms with Gasteiger partial charge in [0.1, 0.15) is 5.75 Å². The summed E-state index contributed by atoms with van der Waals surface area (Å²) in [6, 6.07) is 25.3. The lowest BCUT2D eigenvalue weighted by Gasteiger charge is -2.38. The van der Waals surface area contributed by atoms with Crippen molar-refractivity contribution in [3.8, 4) is 5.75 Å². The second-order valence-electron chi connectivity index (χ2n) is 8.16. The standard InChI is InChI=1S/C26H28N2O4S/c1-32-23-12-8-9-20(17-23)18-27-26(29)22-15-16-25(21-10-4-2-5-11-21)28(19-22)33(30,31)24-13-6-3-7-14-24/h2-14,17,22,25H,15-16,18-19H2,1H3,(H,27,29). The number of methoxy groups -OCH3 is 1. The fraction of sp³-hybridized carbons (Fsp3) is 0.269. The summed E-state index contributed by atoms with van der Waals surface area (Å²) in [5.41, 5.74) is 1.86. The third-order valence-electron chi connectivity index (χ3n) is 6.04. The maximum absolute atomic E-state index is 13.6. The van der Waals surface area contributed by atoms with Crippen LogP contribution in [0.15, 0.2) is 89.8 Å². The number of piperidine rings is 1. The molecule has 1 fully saturated rings. The molecule has 1 amide bonds. The first kappa shape index (κ1) is 23.0. The van der Waals surface area contributed by atoms with Gasteiger partial charge in [0.25, 0.3) is 0 Å². The number of nitrogens with zero attached hydrogens (tertiary/aromatic N) is 1. The van der Waals surface area contributed by atoms with Crippen molar-refractivity contribution in [2.45, 2.75) is 30.3 Å². The molecule has 2 unspecified atom stereocenters. The third-order valence-corrected chi connectivity index (χ3v) is 7.93. The van der Waals surface area contributed by atoms with Crippen LogP contribution in [0, 0.1) is 5.92 Å². The molecule has 0 spiro atoms. The van der Waals surface area contributed by atoms with E-state index < -0.39 is 15.9 Å². The van der Waals surface area contributed by atoms with Gasteiger partial charge in [0, 0.05) is 13.1 Å². The van der Waals surface area contributed by atoms with Crippen LogP contribution >= 0.6 is 0 Å². The van der Waals surface area contributed by atoms with Crippen LogP contribution < -0.4 is 10.1 Å². The van der Waals surface area contributed by atoms with Crippen molar-refractivity contribution in [2.24, 2.45) is 5.92 Å². The monoisotopic (exact) mass is 464 g/mol. The van der Waals surface area contributed by atoms with Crippen molar-refractivity contribution in [3.05, 3.63) is 96.1 Å². The Hall–Kier alpha value is -3.16. The number of nitrogens with one attached hydrogen (secondary N) is 1. The van der Waals surface area contributed by atoms with Gasteiger partial charge in [0.2, 0.25) is 15.9 Å². The lowest BCUT2D eigenvalue weighted by atomic mass is 9.90. The molecule has 1 aliphatic rings. The zero-order valence-corrected chi connectivity index (χ0v) is 19.4. The molecule has 3 aromatic rings. The minimum atomic E-state index is -3.77. The lowest BCUT2D eigenvalue weighted by Crippen LogP contribution is -2.46. The predicted molar refractivity (Wildman–Crippen MR) is 127 cm³/mol. The van der Waals surface area contributed by atoms with Crippen LogP contribution in [0.3, 0.4) is 0 Å². The van der Waals surface area contributed by atoms with E-state index in [-0.39, 0.29) is 23.4 Å². The molecule has 0 saturated carbocycles. The molecule has 1 saturated heterocycles. The van der Waals surface area contributed by atoms with Crippen LogP contribution in [0.25, 0.3) is 0 Å². The molecule has 0 aliphatic carbocycles. The number of hydrogen-bond acceptors (Lipinski definition) is 4. The van der Waals surface area contributed by atoms with Crippen molar-refractivity contribution in [1.29, 1.82) is 0 Å². The van der Waals surface area contributed by atoms with Gasteiger partial charge in [-0.05, 0) is 48.2 Å². The molecule has 3 aromatic carbocycles.